The normalized spacial score (nSPS) is 10.2. The van der Waals surface area contributed by atoms with Gasteiger partial charge in [-0.25, -0.2) is 9.17 Å². The van der Waals surface area contributed by atoms with Gasteiger partial charge < -0.3 is 9.26 Å². The number of hydrogen-bond acceptors (Lipinski definition) is 7. The Balaban J connectivity index is 2.21. The summed E-state index contributed by atoms with van der Waals surface area (Å²) >= 11 is 1.27. The van der Waals surface area contributed by atoms with E-state index in [1.807, 2.05) is 0 Å². The number of carbonyl (C=O) groups is 1. The summed E-state index contributed by atoms with van der Waals surface area (Å²) < 4.78 is 13.5. The molecule has 0 fully saturated rings. The van der Waals surface area contributed by atoms with E-state index in [1.54, 1.807) is 18.5 Å². The number of rotatable bonds is 3. The van der Waals surface area contributed by atoms with E-state index >= 15 is 0 Å². The van der Waals surface area contributed by atoms with Crippen LogP contribution in [0.3, 0.4) is 0 Å². The maximum atomic E-state index is 11.2. The maximum absolute atomic E-state index is 11.2. The van der Waals surface area contributed by atoms with Crippen molar-refractivity contribution in [3.8, 4) is 11.5 Å². The number of carbonyl (C=O) groups excluding carboxylic acids is 1. The molecule has 0 amide bonds. The van der Waals surface area contributed by atoms with Crippen molar-refractivity contribution >= 4 is 17.5 Å². The minimum absolute atomic E-state index is 0.0712. The zero-order chi connectivity index (χ0) is 10.7. The first-order valence-electron chi connectivity index (χ1n) is 4.22. The average molecular weight is 225 g/mol. The summed E-state index contributed by atoms with van der Waals surface area (Å²) in [6.45, 7) is 1.99. The first-order chi connectivity index (χ1) is 7.31. The Morgan fingerprint density at radius 3 is 3.20 bits per heavy atom. The van der Waals surface area contributed by atoms with Crippen LogP contribution in [0.25, 0.3) is 11.5 Å². The van der Waals surface area contributed by atoms with Crippen LogP contribution < -0.4 is 0 Å². The third-order valence-corrected chi connectivity index (χ3v) is 2.15. The smallest absolute Gasteiger partial charge is 0.379 e. The first kappa shape index (κ1) is 9.78. The molecule has 78 valence electrons. The van der Waals surface area contributed by atoms with E-state index in [2.05, 4.69) is 14.5 Å². The van der Waals surface area contributed by atoms with Crippen LogP contribution in [-0.4, -0.2) is 27.1 Å². The van der Waals surface area contributed by atoms with Crippen LogP contribution in [0.2, 0.25) is 0 Å². The van der Waals surface area contributed by atoms with Crippen LogP contribution >= 0.6 is 11.5 Å². The molecule has 15 heavy (non-hydrogen) atoms. The summed E-state index contributed by atoms with van der Waals surface area (Å²) in [5.74, 6) is -0.388. The highest BCUT2D eigenvalue weighted by molar-refractivity contribution is 7.03. The molecule has 2 rings (SSSR count). The minimum Gasteiger partial charge on any atom is -0.460 e. The number of ether oxygens (including phenoxy) is 1. The summed E-state index contributed by atoms with van der Waals surface area (Å²) in [5, 5.41) is 5.26. The van der Waals surface area contributed by atoms with Gasteiger partial charge in [-0.3, -0.25) is 0 Å². The topological polar surface area (TPSA) is 78.1 Å². The molecule has 0 bridgehead atoms. The molecule has 6 nitrogen and oxygen atoms in total. The van der Waals surface area contributed by atoms with E-state index in [1.165, 1.54) is 11.5 Å². The van der Waals surface area contributed by atoms with E-state index in [9.17, 15) is 4.79 Å². The largest absolute Gasteiger partial charge is 0.460 e. The highest BCUT2D eigenvalue weighted by Gasteiger charge is 2.16. The van der Waals surface area contributed by atoms with Gasteiger partial charge in [0.2, 0.25) is 0 Å². The molecule has 0 atom stereocenters. The van der Waals surface area contributed by atoms with Crippen molar-refractivity contribution < 1.29 is 14.1 Å². The molecular weight excluding hydrogens is 218 g/mol. The molecule has 0 aliphatic heterocycles. The van der Waals surface area contributed by atoms with Gasteiger partial charge in [-0.15, -0.1) is 0 Å². The van der Waals surface area contributed by atoms with Gasteiger partial charge in [-0.2, -0.15) is 4.98 Å². The highest BCUT2D eigenvalue weighted by Crippen LogP contribution is 2.17. The second kappa shape index (κ2) is 4.18. The fourth-order valence-electron chi connectivity index (χ4n) is 0.930. The Bertz CT molecular complexity index is 451. The Morgan fingerprint density at radius 1 is 1.67 bits per heavy atom. The lowest BCUT2D eigenvalue weighted by Crippen LogP contribution is -2.06. The van der Waals surface area contributed by atoms with E-state index < -0.39 is 5.97 Å². The van der Waals surface area contributed by atoms with Crippen molar-refractivity contribution in [2.75, 3.05) is 6.61 Å². The lowest BCUT2D eigenvalue weighted by atomic mass is 10.4. The van der Waals surface area contributed by atoms with Crippen molar-refractivity contribution in [2.45, 2.75) is 6.92 Å². The second-order valence-electron chi connectivity index (χ2n) is 2.56. The predicted molar refractivity (Wildman–Crippen MR) is 51.4 cm³/mol. The van der Waals surface area contributed by atoms with Gasteiger partial charge in [0, 0.05) is 5.38 Å². The zero-order valence-corrected chi connectivity index (χ0v) is 8.65. The number of aromatic nitrogens is 3. The van der Waals surface area contributed by atoms with Crippen LogP contribution in [0.4, 0.5) is 0 Å². The molecule has 0 unspecified atom stereocenters. The minimum atomic E-state index is -0.587. The van der Waals surface area contributed by atoms with E-state index in [0.29, 0.717) is 5.56 Å². The zero-order valence-electron chi connectivity index (χ0n) is 7.84. The van der Waals surface area contributed by atoms with Crippen molar-refractivity contribution in [3.05, 3.63) is 17.4 Å². The van der Waals surface area contributed by atoms with Crippen LogP contribution in [0.1, 0.15) is 17.5 Å². The third-order valence-electron chi connectivity index (χ3n) is 1.56. The Kier molecular flexibility index (Phi) is 2.72. The van der Waals surface area contributed by atoms with Gasteiger partial charge >= 0.3 is 5.97 Å². The Hall–Kier alpha value is -1.76. The maximum Gasteiger partial charge on any atom is 0.379 e. The number of hydrogen-bond donors (Lipinski definition) is 0. The average Bonchev–Trinajstić information content (AvgIpc) is 2.89. The van der Waals surface area contributed by atoms with Crippen LogP contribution in [0.5, 0.6) is 0 Å². The lowest BCUT2D eigenvalue weighted by Gasteiger charge is -1.93. The van der Waals surface area contributed by atoms with Gasteiger partial charge in [-0.1, -0.05) is 0 Å². The Morgan fingerprint density at radius 2 is 2.53 bits per heavy atom. The molecule has 0 aromatic carbocycles. The van der Waals surface area contributed by atoms with Crippen LogP contribution in [-0.2, 0) is 4.74 Å². The van der Waals surface area contributed by atoms with Crippen molar-refractivity contribution in [3.63, 3.8) is 0 Å². The molecule has 0 saturated carbocycles. The van der Waals surface area contributed by atoms with E-state index in [0.717, 1.165) is 0 Å². The standard InChI is InChI=1S/C8H7N3O3S/c1-2-13-8(12)6-10-7(14-11-6)5-3-9-15-4-5/h3-4H,2H2,1H3. The highest BCUT2D eigenvalue weighted by atomic mass is 32.1. The first-order valence-corrected chi connectivity index (χ1v) is 5.05. The summed E-state index contributed by atoms with van der Waals surface area (Å²) in [4.78, 5) is 15.1. The summed E-state index contributed by atoms with van der Waals surface area (Å²) in [5.41, 5.74) is 0.697. The molecule has 2 aromatic heterocycles. The quantitative estimate of drug-likeness (QED) is 0.734. The molecule has 0 aliphatic carbocycles. The van der Waals surface area contributed by atoms with E-state index in [4.69, 9.17) is 9.26 Å². The second-order valence-corrected chi connectivity index (χ2v) is 3.21. The number of nitrogens with zero attached hydrogens (tertiary/aromatic N) is 3. The SMILES string of the molecule is CCOC(=O)c1noc(-c2cnsc2)n1. The fraction of sp³-hybridized carbons (Fsp3) is 0.250. The van der Waals surface area contributed by atoms with Crippen molar-refractivity contribution in [1.82, 2.24) is 14.5 Å². The molecule has 7 heteroatoms. The molecule has 2 heterocycles. The molecule has 0 N–H and O–H groups in total. The summed E-state index contributed by atoms with van der Waals surface area (Å²) in [6.07, 6.45) is 1.59. The van der Waals surface area contributed by atoms with Gasteiger partial charge in [0.25, 0.3) is 11.7 Å². The van der Waals surface area contributed by atoms with E-state index in [-0.39, 0.29) is 18.3 Å². The van der Waals surface area contributed by atoms with Gasteiger partial charge in [0.05, 0.1) is 18.4 Å². The molecule has 2 aromatic rings. The predicted octanol–water partition coefficient (Wildman–Crippen LogP) is 1.37. The molecule has 0 aliphatic rings. The number of esters is 1. The van der Waals surface area contributed by atoms with Crippen molar-refractivity contribution in [1.29, 1.82) is 0 Å². The third kappa shape index (κ3) is 2.01. The molecule has 0 spiro atoms. The van der Waals surface area contributed by atoms with Crippen molar-refractivity contribution in [2.24, 2.45) is 0 Å². The molecular formula is C8H7N3O3S. The van der Waals surface area contributed by atoms with Gasteiger partial charge in [0.15, 0.2) is 0 Å². The van der Waals surface area contributed by atoms with Gasteiger partial charge in [-0.05, 0) is 23.6 Å². The van der Waals surface area contributed by atoms with Crippen LogP contribution in [0, 0.1) is 0 Å². The summed E-state index contributed by atoms with van der Waals surface area (Å²) in [6, 6.07) is 0. The summed E-state index contributed by atoms with van der Waals surface area (Å²) in [7, 11) is 0. The van der Waals surface area contributed by atoms with Crippen LogP contribution in [0.15, 0.2) is 16.1 Å². The molecule has 0 saturated heterocycles. The monoisotopic (exact) mass is 225 g/mol. The lowest BCUT2D eigenvalue weighted by molar-refractivity contribution is 0.0508. The fourth-order valence-corrected chi connectivity index (χ4v) is 1.44. The van der Waals surface area contributed by atoms with Gasteiger partial charge in [0.1, 0.15) is 0 Å². The Labute approximate surface area is 89.0 Å². The molecule has 0 radical (unpaired) electrons.